The lowest BCUT2D eigenvalue weighted by Crippen LogP contribution is -2.09. The Labute approximate surface area is 175 Å². The zero-order valence-corrected chi connectivity index (χ0v) is 17.8. The molecule has 0 atom stereocenters. The van der Waals surface area contributed by atoms with Crippen LogP contribution in [0.5, 0.6) is 5.75 Å². The molecule has 0 saturated heterocycles. The number of aromatic nitrogens is 2. The fourth-order valence-electron chi connectivity index (χ4n) is 3.30. The van der Waals surface area contributed by atoms with E-state index in [-0.39, 0.29) is 0 Å². The van der Waals surface area contributed by atoms with Crippen LogP contribution in [0.3, 0.4) is 0 Å². The predicted molar refractivity (Wildman–Crippen MR) is 118 cm³/mol. The average Bonchev–Trinajstić information content (AvgIpc) is 2.72. The number of benzene rings is 2. The highest BCUT2D eigenvalue weighted by molar-refractivity contribution is 5.80. The number of aryl methyl sites for hydroxylation is 4. The average molecular weight is 400 g/mol. The topological polar surface area (TPSA) is 72.5 Å². The molecular formula is C24H24N4O2. The van der Waals surface area contributed by atoms with Gasteiger partial charge in [-0.25, -0.2) is 15.4 Å². The number of hydrogen-bond acceptors (Lipinski definition) is 6. The van der Waals surface area contributed by atoms with Crippen molar-refractivity contribution >= 4 is 16.9 Å². The van der Waals surface area contributed by atoms with E-state index in [1.807, 2.05) is 56.3 Å². The van der Waals surface area contributed by atoms with Crippen molar-refractivity contribution in [2.45, 2.75) is 27.7 Å². The Morgan fingerprint density at radius 2 is 1.53 bits per heavy atom. The molecule has 4 aromatic rings. The molecule has 4 rings (SSSR count). The molecule has 0 fully saturated rings. The van der Waals surface area contributed by atoms with Crippen LogP contribution >= 0.6 is 0 Å². The van der Waals surface area contributed by atoms with E-state index >= 15 is 0 Å². The standard InChI is InChI=1S/C24H24N4O2/c1-14-10-20-21(27-28-24-25-16(3)12-17(4)26-24)13-22(30-23(20)11-15(14)2)18-6-8-19(29-5)9-7-18/h6-13H,1-5H3,(H,25,26,28). The van der Waals surface area contributed by atoms with E-state index in [0.717, 1.165) is 50.4 Å². The second-order valence-electron chi connectivity index (χ2n) is 7.35. The monoisotopic (exact) mass is 400 g/mol. The van der Waals surface area contributed by atoms with Gasteiger partial charge in [-0.05, 0) is 81.3 Å². The molecule has 0 bridgehead atoms. The summed E-state index contributed by atoms with van der Waals surface area (Å²) >= 11 is 0. The minimum absolute atomic E-state index is 0.469. The summed E-state index contributed by atoms with van der Waals surface area (Å²) in [7, 11) is 1.65. The predicted octanol–water partition coefficient (Wildman–Crippen LogP) is 5.06. The Morgan fingerprint density at radius 3 is 2.20 bits per heavy atom. The van der Waals surface area contributed by atoms with Crippen LogP contribution in [-0.2, 0) is 0 Å². The lowest BCUT2D eigenvalue weighted by Gasteiger charge is -2.09. The minimum Gasteiger partial charge on any atom is -0.497 e. The molecule has 2 heterocycles. The third kappa shape index (κ3) is 4.03. The first-order valence-electron chi connectivity index (χ1n) is 9.74. The molecule has 0 spiro atoms. The van der Waals surface area contributed by atoms with Crippen molar-refractivity contribution in [1.82, 2.24) is 9.97 Å². The van der Waals surface area contributed by atoms with E-state index in [4.69, 9.17) is 9.15 Å². The van der Waals surface area contributed by atoms with E-state index in [9.17, 15) is 0 Å². The highest BCUT2D eigenvalue weighted by Crippen LogP contribution is 2.25. The summed E-state index contributed by atoms with van der Waals surface area (Å²) in [4.78, 5) is 8.81. The van der Waals surface area contributed by atoms with Gasteiger partial charge in [0.1, 0.15) is 17.1 Å². The maximum atomic E-state index is 6.23. The van der Waals surface area contributed by atoms with Crippen molar-refractivity contribution < 1.29 is 9.15 Å². The molecule has 0 aliphatic heterocycles. The molecule has 0 saturated carbocycles. The molecule has 0 aliphatic carbocycles. The van der Waals surface area contributed by atoms with Gasteiger partial charge in [-0.15, -0.1) is 0 Å². The van der Waals surface area contributed by atoms with Crippen molar-refractivity contribution in [3.63, 3.8) is 0 Å². The van der Waals surface area contributed by atoms with Gasteiger partial charge in [0.2, 0.25) is 5.95 Å². The van der Waals surface area contributed by atoms with Gasteiger partial charge < -0.3 is 9.15 Å². The number of fused-ring (bicyclic) bond motifs is 1. The first-order valence-corrected chi connectivity index (χ1v) is 9.74. The lowest BCUT2D eigenvalue weighted by molar-refractivity contribution is 0.415. The van der Waals surface area contributed by atoms with E-state index in [1.165, 1.54) is 5.56 Å². The Kier molecular flexibility index (Phi) is 5.23. The summed E-state index contributed by atoms with van der Waals surface area (Å²) in [6, 6.07) is 15.7. The van der Waals surface area contributed by atoms with Crippen molar-refractivity contribution in [1.29, 1.82) is 0 Å². The smallest absolute Gasteiger partial charge is 0.243 e. The van der Waals surface area contributed by atoms with Crippen LogP contribution < -0.4 is 15.5 Å². The molecular weight excluding hydrogens is 376 g/mol. The number of nitrogens with one attached hydrogen (secondary N) is 1. The van der Waals surface area contributed by atoms with Gasteiger partial charge in [0.15, 0.2) is 0 Å². The molecule has 0 radical (unpaired) electrons. The van der Waals surface area contributed by atoms with Crippen LogP contribution in [-0.4, -0.2) is 17.1 Å². The highest BCUT2D eigenvalue weighted by Gasteiger charge is 2.09. The van der Waals surface area contributed by atoms with Crippen molar-refractivity contribution in [3.8, 4) is 17.1 Å². The Balaban J connectivity index is 1.87. The lowest BCUT2D eigenvalue weighted by atomic mass is 10.1. The highest BCUT2D eigenvalue weighted by atomic mass is 16.5. The molecule has 152 valence electrons. The fourth-order valence-corrected chi connectivity index (χ4v) is 3.30. The Morgan fingerprint density at radius 1 is 0.867 bits per heavy atom. The molecule has 2 aromatic carbocycles. The van der Waals surface area contributed by atoms with Crippen LogP contribution in [0, 0.1) is 27.7 Å². The van der Waals surface area contributed by atoms with E-state index < -0.39 is 0 Å². The molecule has 2 aromatic heterocycles. The molecule has 30 heavy (non-hydrogen) atoms. The third-order valence-electron chi connectivity index (χ3n) is 4.99. The van der Waals surface area contributed by atoms with Gasteiger partial charge in [0, 0.05) is 28.4 Å². The van der Waals surface area contributed by atoms with Crippen molar-refractivity contribution in [2.24, 2.45) is 5.10 Å². The fraction of sp³-hybridized carbons (Fsp3) is 0.208. The largest absolute Gasteiger partial charge is 0.497 e. The van der Waals surface area contributed by atoms with Gasteiger partial charge >= 0.3 is 0 Å². The zero-order valence-electron chi connectivity index (χ0n) is 17.8. The van der Waals surface area contributed by atoms with Crippen molar-refractivity contribution in [2.75, 3.05) is 12.5 Å². The summed E-state index contributed by atoms with van der Waals surface area (Å²) < 4.78 is 11.5. The van der Waals surface area contributed by atoms with Gasteiger partial charge in [0.05, 0.1) is 12.5 Å². The summed E-state index contributed by atoms with van der Waals surface area (Å²) in [6.45, 7) is 8.02. The number of hydrogen-bond donors (Lipinski definition) is 1. The molecule has 6 nitrogen and oxygen atoms in total. The first kappa shape index (κ1) is 19.6. The van der Waals surface area contributed by atoms with E-state index in [0.29, 0.717) is 5.95 Å². The molecule has 0 amide bonds. The Bertz CT molecular complexity index is 1270. The van der Waals surface area contributed by atoms with E-state index in [1.54, 1.807) is 7.11 Å². The summed E-state index contributed by atoms with van der Waals surface area (Å²) in [5.74, 6) is 1.98. The number of rotatable bonds is 4. The summed E-state index contributed by atoms with van der Waals surface area (Å²) in [5, 5.41) is 6.30. The SMILES string of the molecule is COc1ccc(-c2cc(=NNc3nc(C)cc(C)n3)c3cc(C)c(C)cc3o2)cc1. The Hall–Kier alpha value is -3.67. The molecule has 1 N–H and O–H groups in total. The van der Waals surface area contributed by atoms with Crippen molar-refractivity contribution in [3.05, 3.63) is 76.4 Å². The second kappa shape index (κ2) is 7.99. The third-order valence-corrected chi connectivity index (χ3v) is 4.99. The van der Waals surface area contributed by atoms with Crippen LogP contribution in [0.25, 0.3) is 22.3 Å². The number of anilines is 1. The minimum atomic E-state index is 0.469. The molecule has 6 heteroatoms. The van der Waals surface area contributed by atoms with Crippen LogP contribution in [0.4, 0.5) is 5.95 Å². The molecule has 0 unspecified atom stereocenters. The van der Waals surface area contributed by atoms with Crippen LogP contribution in [0.1, 0.15) is 22.5 Å². The van der Waals surface area contributed by atoms with Crippen LogP contribution in [0.2, 0.25) is 0 Å². The number of nitrogens with zero attached hydrogens (tertiary/aromatic N) is 3. The van der Waals surface area contributed by atoms with E-state index in [2.05, 4.69) is 40.4 Å². The van der Waals surface area contributed by atoms with Gasteiger partial charge in [-0.1, -0.05) is 0 Å². The number of methoxy groups -OCH3 is 1. The van der Waals surface area contributed by atoms with Gasteiger partial charge in [-0.3, -0.25) is 0 Å². The maximum Gasteiger partial charge on any atom is 0.243 e. The summed E-state index contributed by atoms with van der Waals surface area (Å²) in [5.41, 5.74) is 8.83. The number of ether oxygens (including phenoxy) is 1. The molecule has 0 aliphatic rings. The van der Waals surface area contributed by atoms with Gasteiger partial charge in [0.25, 0.3) is 0 Å². The summed E-state index contributed by atoms with van der Waals surface area (Å²) in [6.07, 6.45) is 0. The normalized spacial score (nSPS) is 11.7. The first-order chi connectivity index (χ1) is 14.4. The zero-order chi connectivity index (χ0) is 21.3. The quantitative estimate of drug-likeness (QED) is 0.485. The maximum absolute atomic E-state index is 6.23. The van der Waals surface area contributed by atoms with Gasteiger partial charge in [-0.2, -0.15) is 5.10 Å². The van der Waals surface area contributed by atoms with Crippen LogP contribution in [0.15, 0.2) is 58.0 Å². The second-order valence-corrected chi connectivity index (χ2v) is 7.35.